The zero-order valence-corrected chi connectivity index (χ0v) is 16.3. The molecule has 0 bridgehead atoms. The van der Waals surface area contributed by atoms with E-state index >= 15 is 0 Å². The van der Waals surface area contributed by atoms with E-state index < -0.39 is 29.6 Å². The molecule has 8 heteroatoms. The van der Waals surface area contributed by atoms with Crippen LogP contribution in [0.4, 0.5) is 5.69 Å². The van der Waals surface area contributed by atoms with Gasteiger partial charge in [-0.15, -0.1) is 0 Å². The molecule has 0 spiro atoms. The average molecular weight is 409 g/mol. The van der Waals surface area contributed by atoms with Crippen LogP contribution in [0.3, 0.4) is 0 Å². The zero-order chi connectivity index (χ0) is 21.5. The first-order valence-electron chi connectivity index (χ1n) is 9.75. The van der Waals surface area contributed by atoms with E-state index in [0.29, 0.717) is 24.1 Å². The van der Waals surface area contributed by atoms with Crippen molar-refractivity contribution in [2.75, 3.05) is 5.32 Å². The standard InChI is InChI=1S/C22H23N3O5/c26-19(14-6-2-1-3-7-14)23-16-12-10-15(11-13-16)20(27)24-25-21(28)17-8-4-5-9-18(17)22(29)30/h1-3,6-7,10-13,17-18H,4-5,8-9H2,(H,23,26)(H,24,27)(H,25,28)(H,29,30). The quantitative estimate of drug-likeness (QED) is 0.565. The average Bonchev–Trinajstić information content (AvgIpc) is 2.78. The van der Waals surface area contributed by atoms with Gasteiger partial charge in [-0.05, 0) is 49.2 Å². The third kappa shape index (κ3) is 5.22. The number of hydrogen-bond donors (Lipinski definition) is 4. The van der Waals surface area contributed by atoms with Crippen LogP contribution >= 0.6 is 0 Å². The molecule has 30 heavy (non-hydrogen) atoms. The van der Waals surface area contributed by atoms with Crippen molar-refractivity contribution < 1.29 is 24.3 Å². The largest absolute Gasteiger partial charge is 0.481 e. The Balaban J connectivity index is 1.54. The maximum Gasteiger partial charge on any atom is 0.307 e. The molecule has 2 atom stereocenters. The lowest BCUT2D eigenvalue weighted by Crippen LogP contribution is -2.47. The van der Waals surface area contributed by atoms with Gasteiger partial charge in [0.2, 0.25) is 5.91 Å². The van der Waals surface area contributed by atoms with E-state index in [1.807, 2.05) is 6.07 Å². The van der Waals surface area contributed by atoms with Gasteiger partial charge in [0.25, 0.3) is 11.8 Å². The van der Waals surface area contributed by atoms with E-state index in [2.05, 4.69) is 16.2 Å². The predicted octanol–water partition coefficient (Wildman–Crippen LogP) is 2.59. The molecule has 0 aliphatic heterocycles. The Morgan fingerprint density at radius 1 is 0.733 bits per heavy atom. The molecule has 2 unspecified atom stereocenters. The van der Waals surface area contributed by atoms with Gasteiger partial charge in [-0.3, -0.25) is 30.0 Å². The maximum atomic E-state index is 12.3. The van der Waals surface area contributed by atoms with Gasteiger partial charge in [0.15, 0.2) is 0 Å². The number of benzene rings is 2. The second-order valence-electron chi connectivity index (χ2n) is 7.18. The smallest absolute Gasteiger partial charge is 0.307 e. The summed E-state index contributed by atoms with van der Waals surface area (Å²) in [5, 5.41) is 12.0. The molecule has 156 valence electrons. The highest BCUT2D eigenvalue weighted by molar-refractivity contribution is 6.04. The highest BCUT2D eigenvalue weighted by atomic mass is 16.4. The van der Waals surface area contributed by atoms with E-state index in [4.69, 9.17) is 0 Å². The number of carboxylic acid groups (broad SMARTS) is 1. The molecule has 1 aliphatic carbocycles. The number of hydrogen-bond acceptors (Lipinski definition) is 4. The van der Waals surface area contributed by atoms with Crippen molar-refractivity contribution in [2.45, 2.75) is 25.7 Å². The summed E-state index contributed by atoms with van der Waals surface area (Å²) >= 11 is 0. The highest BCUT2D eigenvalue weighted by Gasteiger charge is 2.35. The summed E-state index contributed by atoms with van der Waals surface area (Å²) in [4.78, 5) is 48.1. The lowest BCUT2D eigenvalue weighted by atomic mass is 9.79. The first-order valence-corrected chi connectivity index (χ1v) is 9.75. The number of carbonyl (C=O) groups excluding carboxylic acids is 3. The number of rotatable bonds is 5. The van der Waals surface area contributed by atoms with Crippen LogP contribution in [0.2, 0.25) is 0 Å². The molecule has 1 aliphatic rings. The van der Waals surface area contributed by atoms with Gasteiger partial charge in [-0.25, -0.2) is 0 Å². The van der Waals surface area contributed by atoms with Crippen LogP contribution in [0.1, 0.15) is 46.4 Å². The summed E-state index contributed by atoms with van der Waals surface area (Å²) in [5.74, 6) is -3.68. The lowest BCUT2D eigenvalue weighted by molar-refractivity contribution is -0.149. The van der Waals surface area contributed by atoms with Gasteiger partial charge in [0.1, 0.15) is 0 Å². The fraction of sp³-hybridized carbons (Fsp3) is 0.273. The summed E-state index contributed by atoms with van der Waals surface area (Å²) in [6.45, 7) is 0. The van der Waals surface area contributed by atoms with Crippen LogP contribution in [0.15, 0.2) is 54.6 Å². The van der Waals surface area contributed by atoms with Gasteiger partial charge >= 0.3 is 5.97 Å². The minimum atomic E-state index is -0.991. The SMILES string of the molecule is O=C(NNC(=O)C1CCCCC1C(=O)O)c1ccc(NC(=O)c2ccccc2)cc1. The van der Waals surface area contributed by atoms with Gasteiger partial charge in [0, 0.05) is 16.8 Å². The van der Waals surface area contributed by atoms with E-state index in [1.54, 1.807) is 36.4 Å². The van der Waals surface area contributed by atoms with Crippen LogP contribution in [0.25, 0.3) is 0 Å². The van der Waals surface area contributed by atoms with Crippen LogP contribution in [0.5, 0.6) is 0 Å². The Bertz CT molecular complexity index is 928. The van der Waals surface area contributed by atoms with Crippen molar-refractivity contribution in [1.29, 1.82) is 0 Å². The number of amides is 3. The van der Waals surface area contributed by atoms with Gasteiger partial charge in [0.05, 0.1) is 11.8 Å². The van der Waals surface area contributed by atoms with Crippen molar-refractivity contribution in [3.63, 3.8) is 0 Å². The van der Waals surface area contributed by atoms with E-state index in [-0.39, 0.29) is 11.5 Å². The molecule has 2 aromatic carbocycles. The van der Waals surface area contributed by atoms with Crippen molar-refractivity contribution in [2.24, 2.45) is 11.8 Å². The Labute approximate surface area is 173 Å². The number of aliphatic carboxylic acids is 1. The topological polar surface area (TPSA) is 125 Å². The van der Waals surface area contributed by atoms with Gasteiger partial charge in [-0.1, -0.05) is 31.0 Å². The molecule has 0 heterocycles. The molecule has 0 radical (unpaired) electrons. The summed E-state index contributed by atoms with van der Waals surface area (Å²) < 4.78 is 0. The van der Waals surface area contributed by atoms with Crippen molar-refractivity contribution >= 4 is 29.4 Å². The van der Waals surface area contributed by atoms with Crippen LogP contribution in [-0.4, -0.2) is 28.8 Å². The third-order valence-corrected chi connectivity index (χ3v) is 5.16. The summed E-state index contributed by atoms with van der Waals surface area (Å²) in [7, 11) is 0. The summed E-state index contributed by atoms with van der Waals surface area (Å²) in [5.41, 5.74) is 5.98. The number of carbonyl (C=O) groups is 4. The minimum Gasteiger partial charge on any atom is -0.481 e. The first-order chi connectivity index (χ1) is 14.5. The van der Waals surface area contributed by atoms with Gasteiger partial charge < -0.3 is 10.4 Å². The summed E-state index contributed by atoms with van der Waals surface area (Å²) in [6, 6.07) is 14.9. The molecule has 0 saturated heterocycles. The third-order valence-electron chi connectivity index (χ3n) is 5.16. The summed E-state index contributed by atoms with van der Waals surface area (Å²) in [6.07, 6.45) is 2.50. The molecule has 3 amide bonds. The zero-order valence-electron chi connectivity index (χ0n) is 16.3. The molecular formula is C22H23N3O5. The van der Waals surface area contributed by atoms with E-state index in [0.717, 1.165) is 12.8 Å². The second-order valence-corrected chi connectivity index (χ2v) is 7.18. The molecule has 1 fully saturated rings. The fourth-order valence-electron chi connectivity index (χ4n) is 3.52. The molecule has 8 nitrogen and oxygen atoms in total. The van der Waals surface area contributed by atoms with Crippen LogP contribution in [0, 0.1) is 11.8 Å². The molecule has 0 aromatic heterocycles. The monoisotopic (exact) mass is 409 g/mol. The van der Waals surface area contributed by atoms with Crippen LogP contribution in [-0.2, 0) is 9.59 Å². The Hall–Kier alpha value is -3.68. The maximum absolute atomic E-state index is 12.3. The molecule has 3 rings (SSSR count). The Morgan fingerprint density at radius 3 is 1.97 bits per heavy atom. The molecule has 4 N–H and O–H groups in total. The normalized spacial score (nSPS) is 18.1. The fourth-order valence-corrected chi connectivity index (χ4v) is 3.52. The lowest BCUT2D eigenvalue weighted by Gasteiger charge is -2.27. The number of anilines is 1. The Kier molecular flexibility index (Phi) is 6.79. The molecule has 1 saturated carbocycles. The molecular weight excluding hydrogens is 386 g/mol. The van der Waals surface area contributed by atoms with Crippen molar-refractivity contribution in [3.05, 3.63) is 65.7 Å². The van der Waals surface area contributed by atoms with Crippen molar-refractivity contribution in [3.8, 4) is 0 Å². The molecule has 2 aromatic rings. The highest BCUT2D eigenvalue weighted by Crippen LogP contribution is 2.30. The number of hydrazine groups is 1. The second kappa shape index (κ2) is 9.69. The van der Waals surface area contributed by atoms with E-state index in [9.17, 15) is 24.3 Å². The van der Waals surface area contributed by atoms with Crippen molar-refractivity contribution in [1.82, 2.24) is 10.9 Å². The van der Waals surface area contributed by atoms with Gasteiger partial charge in [-0.2, -0.15) is 0 Å². The predicted molar refractivity (Wildman–Crippen MR) is 110 cm³/mol. The Morgan fingerprint density at radius 2 is 1.33 bits per heavy atom. The first kappa shape index (κ1) is 21.0. The number of nitrogens with one attached hydrogen (secondary N) is 3. The minimum absolute atomic E-state index is 0.263. The number of carboxylic acids is 1. The van der Waals surface area contributed by atoms with E-state index in [1.165, 1.54) is 12.1 Å². The van der Waals surface area contributed by atoms with Crippen LogP contribution < -0.4 is 16.2 Å².